The Kier molecular flexibility index (Phi) is 10.2. The molecule has 0 aliphatic rings. The molecule has 4 heterocycles. The molecule has 0 aliphatic heterocycles. The highest BCUT2D eigenvalue weighted by Gasteiger charge is 2.16. The number of benzene rings is 12. The molecule has 12 aromatic carbocycles. The predicted molar refractivity (Wildman–Crippen MR) is 319 cm³/mol. The normalized spacial score (nSPS) is 11.7. The van der Waals surface area contributed by atoms with Crippen molar-refractivity contribution >= 4 is 87.4 Å². The lowest BCUT2D eigenvalue weighted by Gasteiger charge is -2.11. The molecule has 0 saturated carbocycles. The zero-order chi connectivity index (χ0) is 50.1. The van der Waals surface area contributed by atoms with E-state index in [0.29, 0.717) is 0 Å². The van der Waals surface area contributed by atoms with Gasteiger partial charge in [0.05, 0.1) is 33.1 Å². The van der Waals surface area contributed by atoms with E-state index in [0.717, 1.165) is 27.6 Å². The fourth-order valence-corrected chi connectivity index (χ4v) is 11.8. The summed E-state index contributed by atoms with van der Waals surface area (Å²) in [5, 5.41) is 9.99. The third kappa shape index (κ3) is 7.14. The highest BCUT2D eigenvalue weighted by molar-refractivity contribution is 6.12. The number of rotatable bonds is 6. The van der Waals surface area contributed by atoms with Gasteiger partial charge in [0, 0.05) is 60.2 Å². The summed E-state index contributed by atoms with van der Waals surface area (Å²) in [6.07, 6.45) is 0. The summed E-state index contributed by atoms with van der Waals surface area (Å²) in [4.78, 5) is 0. The first-order chi connectivity index (χ1) is 37.7. The minimum atomic E-state index is 0.921. The molecule has 4 aromatic heterocycles. The average Bonchev–Trinajstić information content (AvgIpc) is 4.29. The van der Waals surface area contributed by atoms with Crippen LogP contribution in [0.2, 0.25) is 0 Å². The van der Waals surface area contributed by atoms with Gasteiger partial charge in [-0.2, -0.15) is 0 Å². The van der Waals surface area contributed by atoms with Crippen LogP contribution in [0.25, 0.3) is 138 Å². The van der Waals surface area contributed by atoms with Crippen LogP contribution in [0.4, 0.5) is 0 Å². The highest BCUT2D eigenvalue weighted by Crippen LogP contribution is 2.38. The summed E-state index contributed by atoms with van der Waals surface area (Å²) in [6, 6.07) is 102. The number of furan rings is 1. The van der Waals surface area contributed by atoms with Crippen LogP contribution in [-0.2, 0) is 0 Å². The van der Waals surface area contributed by atoms with Gasteiger partial charge in [-0.25, -0.2) is 0 Å². The van der Waals surface area contributed by atoms with Gasteiger partial charge in [-0.15, -0.1) is 0 Å². The van der Waals surface area contributed by atoms with Crippen LogP contribution >= 0.6 is 0 Å². The molecule has 0 saturated heterocycles. The molecule has 4 heteroatoms. The van der Waals surface area contributed by atoms with Crippen LogP contribution in [0.15, 0.2) is 290 Å². The second kappa shape index (κ2) is 17.8. The summed E-state index contributed by atoms with van der Waals surface area (Å²) in [7, 11) is 0. The first-order valence-corrected chi connectivity index (χ1v) is 26.0. The summed E-state index contributed by atoms with van der Waals surface area (Å²) in [6.45, 7) is 0. The van der Waals surface area contributed by atoms with Crippen molar-refractivity contribution in [3.8, 4) is 50.4 Å². The highest BCUT2D eigenvalue weighted by atomic mass is 16.3. The van der Waals surface area contributed by atoms with Gasteiger partial charge in [0.2, 0.25) is 0 Å². The van der Waals surface area contributed by atoms with E-state index in [-0.39, 0.29) is 0 Å². The number of nitrogens with zero attached hydrogens (tertiary/aromatic N) is 3. The SMILES string of the molecule is c1cc(-c2cccc(-n3c4ccccc4c4ccccc43)c2)cc(-c2ccc3oc4ccccc4c3c2)c1.c1ccc2c(c1)c1ccccc1n2-c1ccc(-c2ccc(-n3c4ccccc4c4ccccc43)cc2)cc1. The van der Waals surface area contributed by atoms with E-state index in [1.54, 1.807) is 0 Å². The van der Waals surface area contributed by atoms with Crippen LogP contribution < -0.4 is 0 Å². The van der Waals surface area contributed by atoms with E-state index < -0.39 is 0 Å². The Morgan fingerprint density at radius 1 is 0.184 bits per heavy atom. The van der Waals surface area contributed by atoms with E-state index in [2.05, 4.69) is 287 Å². The fourth-order valence-electron chi connectivity index (χ4n) is 11.8. The fraction of sp³-hybridized carbons (Fsp3) is 0. The maximum atomic E-state index is 6.04. The summed E-state index contributed by atoms with van der Waals surface area (Å²) < 4.78 is 13.1. The Balaban J connectivity index is 0.000000133. The van der Waals surface area contributed by atoms with Gasteiger partial charge in [0.1, 0.15) is 11.2 Å². The van der Waals surface area contributed by atoms with Crippen molar-refractivity contribution in [2.24, 2.45) is 0 Å². The maximum absolute atomic E-state index is 6.04. The topological polar surface area (TPSA) is 27.9 Å². The second-order valence-corrected chi connectivity index (χ2v) is 19.6. The Morgan fingerprint density at radius 2 is 0.500 bits per heavy atom. The van der Waals surface area contributed by atoms with Crippen molar-refractivity contribution in [2.45, 2.75) is 0 Å². The minimum Gasteiger partial charge on any atom is -0.456 e. The van der Waals surface area contributed by atoms with E-state index in [4.69, 9.17) is 4.42 Å². The van der Waals surface area contributed by atoms with Crippen LogP contribution in [0.3, 0.4) is 0 Å². The number of fused-ring (bicyclic) bond motifs is 12. The molecule has 0 radical (unpaired) electrons. The van der Waals surface area contributed by atoms with Crippen LogP contribution in [0.5, 0.6) is 0 Å². The molecule has 0 fully saturated rings. The lowest BCUT2D eigenvalue weighted by Crippen LogP contribution is -1.94. The van der Waals surface area contributed by atoms with Crippen molar-refractivity contribution in [2.75, 3.05) is 0 Å². The summed E-state index contributed by atoms with van der Waals surface area (Å²) >= 11 is 0. The van der Waals surface area contributed by atoms with Crippen LogP contribution in [0, 0.1) is 0 Å². The van der Waals surface area contributed by atoms with Gasteiger partial charge in [0.25, 0.3) is 0 Å². The molecular weight excluding hydrogens is 923 g/mol. The quantitative estimate of drug-likeness (QED) is 0.163. The van der Waals surface area contributed by atoms with Gasteiger partial charge in [-0.1, -0.05) is 188 Å². The second-order valence-electron chi connectivity index (χ2n) is 19.6. The summed E-state index contributed by atoms with van der Waals surface area (Å²) in [5.74, 6) is 0. The molecule has 4 nitrogen and oxygen atoms in total. The molecule has 16 aromatic rings. The smallest absolute Gasteiger partial charge is 0.135 e. The largest absolute Gasteiger partial charge is 0.456 e. The van der Waals surface area contributed by atoms with Crippen molar-refractivity contribution in [1.29, 1.82) is 0 Å². The molecule has 0 unspecified atom stereocenters. The first-order valence-electron chi connectivity index (χ1n) is 26.0. The van der Waals surface area contributed by atoms with Gasteiger partial charge >= 0.3 is 0 Å². The Hall–Kier alpha value is -10.2. The zero-order valence-electron chi connectivity index (χ0n) is 41.4. The van der Waals surface area contributed by atoms with E-state index in [1.165, 1.54) is 110 Å². The van der Waals surface area contributed by atoms with Gasteiger partial charge in [-0.05, 0) is 130 Å². The Labute approximate surface area is 438 Å². The van der Waals surface area contributed by atoms with Crippen LogP contribution in [-0.4, -0.2) is 13.7 Å². The lowest BCUT2D eigenvalue weighted by atomic mass is 9.97. The van der Waals surface area contributed by atoms with Crippen molar-refractivity contribution < 1.29 is 4.42 Å². The molecule has 356 valence electrons. The standard InChI is InChI=1S/C36H24N2.C36H23NO/c1-5-13-33-29(9-1)30-10-2-6-14-34(30)37(33)27-21-17-25(18-22-27)26-19-23-28(24-20-26)38-35-15-7-3-11-31(35)32-12-4-8-16-36(32)38;1-4-16-33-29(13-1)30-14-2-5-17-34(30)37(33)28-12-8-11-26(22-28)24-9-7-10-25(21-24)27-19-20-36-32(23-27)31-15-3-6-18-35(31)38-36/h1-24H;1-23H. The molecule has 0 amide bonds. The van der Waals surface area contributed by atoms with Gasteiger partial charge in [-0.3, -0.25) is 0 Å². The minimum absolute atomic E-state index is 0.921. The van der Waals surface area contributed by atoms with Crippen LogP contribution in [0.1, 0.15) is 0 Å². The number of aromatic nitrogens is 3. The lowest BCUT2D eigenvalue weighted by molar-refractivity contribution is 0.669. The van der Waals surface area contributed by atoms with Crippen molar-refractivity contribution in [1.82, 2.24) is 13.7 Å². The van der Waals surface area contributed by atoms with Crippen molar-refractivity contribution in [3.63, 3.8) is 0 Å². The van der Waals surface area contributed by atoms with Gasteiger partial charge in [0.15, 0.2) is 0 Å². The summed E-state index contributed by atoms with van der Waals surface area (Å²) in [5.41, 5.74) is 19.9. The predicted octanol–water partition coefficient (Wildman–Crippen LogP) is 19.6. The van der Waals surface area contributed by atoms with Crippen molar-refractivity contribution in [3.05, 3.63) is 285 Å². The number of hydrogen-bond acceptors (Lipinski definition) is 1. The Bertz CT molecular complexity index is 4560. The maximum Gasteiger partial charge on any atom is 0.135 e. The van der Waals surface area contributed by atoms with E-state index in [1.807, 2.05) is 12.1 Å². The van der Waals surface area contributed by atoms with Gasteiger partial charge < -0.3 is 18.1 Å². The molecule has 0 bridgehead atoms. The molecule has 0 spiro atoms. The third-order valence-corrected chi connectivity index (χ3v) is 15.3. The average molecular weight is 970 g/mol. The zero-order valence-corrected chi connectivity index (χ0v) is 41.4. The molecular formula is C72H47N3O. The molecule has 0 atom stereocenters. The van der Waals surface area contributed by atoms with E-state index >= 15 is 0 Å². The Morgan fingerprint density at radius 3 is 0.934 bits per heavy atom. The number of hydrogen-bond donors (Lipinski definition) is 0. The monoisotopic (exact) mass is 969 g/mol. The first kappa shape index (κ1) is 43.4. The molecule has 16 rings (SSSR count). The third-order valence-electron chi connectivity index (χ3n) is 15.3. The number of para-hydroxylation sites is 7. The molecule has 76 heavy (non-hydrogen) atoms. The molecule has 0 aliphatic carbocycles. The molecule has 0 N–H and O–H groups in total. The van der Waals surface area contributed by atoms with E-state index in [9.17, 15) is 0 Å².